The van der Waals surface area contributed by atoms with E-state index in [4.69, 9.17) is 34.8 Å². The third-order valence-corrected chi connectivity index (χ3v) is 3.60. The Morgan fingerprint density at radius 2 is 1.90 bits per heavy atom. The molecule has 1 heterocycles. The second-order valence-electron chi connectivity index (χ2n) is 3.71. The summed E-state index contributed by atoms with van der Waals surface area (Å²) in [6, 6.07) is 1.25. The number of amides is 1. The number of carbonyl (C=O) groups is 3. The highest BCUT2D eigenvalue weighted by Gasteiger charge is 2.34. The number of oxime groups is 1. The molecular formula is C11H5Cl3N2O4. The molecule has 0 saturated heterocycles. The summed E-state index contributed by atoms with van der Waals surface area (Å²) in [4.78, 5) is 38.8. The summed E-state index contributed by atoms with van der Waals surface area (Å²) in [5, 5.41) is 5.56. The highest BCUT2D eigenvalue weighted by Crippen LogP contribution is 2.40. The summed E-state index contributed by atoms with van der Waals surface area (Å²) in [5.74, 6) is -2.40. The maximum Gasteiger partial charge on any atom is 0.332 e. The number of benzene rings is 1. The number of halogens is 3. The van der Waals surface area contributed by atoms with Gasteiger partial charge in [-0.05, 0) is 6.07 Å². The number of Topliss-reactive ketones (excluding diaryl/α,β-unsaturated/α-hetero) is 1. The zero-order valence-electron chi connectivity index (χ0n) is 9.79. The minimum Gasteiger partial charge on any atom is -0.318 e. The molecule has 20 heavy (non-hydrogen) atoms. The van der Waals surface area contributed by atoms with Crippen LogP contribution >= 0.6 is 34.8 Å². The second-order valence-corrected chi connectivity index (χ2v) is 4.88. The summed E-state index contributed by atoms with van der Waals surface area (Å²) in [6.45, 7) is 1.08. The smallest absolute Gasteiger partial charge is 0.318 e. The van der Waals surface area contributed by atoms with Crippen molar-refractivity contribution in [2.45, 2.75) is 6.92 Å². The highest BCUT2D eigenvalue weighted by molar-refractivity contribution is 6.73. The Kier molecular flexibility index (Phi) is 3.99. The van der Waals surface area contributed by atoms with Gasteiger partial charge in [-0.1, -0.05) is 40.0 Å². The van der Waals surface area contributed by atoms with E-state index in [1.165, 1.54) is 6.07 Å². The molecule has 0 atom stereocenters. The van der Waals surface area contributed by atoms with Gasteiger partial charge in [0.2, 0.25) is 11.5 Å². The Labute approximate surface area is 127 Å². The molecule has 1 aromatic rings. The van der Waals surface area contributed by atoms with Gasteiger partial charge in [-0.3, -0.25) is 9.59 Å². The van der Waals surface area contributed by atoms with Crippen molar-refractivity contribution >= 4 is 63.9 Å². The van der Waals surface area contributed by atoms with E-state index in [2.05, 4.69) is 15.3 Å². The van der Waals surface area contributed by atoms with Gasteiger partial charge < -0.3 is 10.2 Å². The van der Waals surface area contributed by atoms with Crippen molar-refractivity contribution in [2.75, 3.05) is 5.32 Å². The maximum atomic E-state index is 12.1. The number of carbonyl (C=O) groups excluding carboxylic acids is 3. The molecule has 0 radical (unpaired) electrons. The largest absolute Gasteiger partial charge is 0.332 e. The second kappa shape index (κ2) is 5.40. The SMILES string of the molecule is CC(=O)ON=C1C(=O)Nc2c(cc(Cl)c(Cl)c2Cl)C1=O. The van der Waals surface area contributed by atoms with E-state index in [-0.39, 0.29) is 26.3 Å². The third kappa shape index (κ3) is 2.49. The van der Waals surface area contributed by atoms with Gasteiger partial charge in [-0.2, -0.15) is 0 Å². The first-order valence-electron chi connectivity index (χ1n) is 5.12. The molecule has 0 bridgehead atoms. The number of anilines is 1. The lowest BCUT2D eigenvalue weighted by Gasteiger charge is -2.19. The monoisotopic (exact) mass is 334 g/mol. The Morgan fingerprint density at radius 3 is 2.50 bits per heavy atom. The first-order valence-corrected chi connectivity index (χ1v) is 6.25. The van der Waals surface area contributed by atoms with E-state index in [9.17, 15) is 14.4 Å². The Hall–Kier alpha value is -1.63. The predicted octanol–water partition coefficient (Wildman–Crippen LogP) is 2.70. The molecule has 1 aliphatic rings. The summed E-state index contributed by atoms with van der Waals surface area (Å²) < 4.78 is 0. The van der Waals surface area contributed by atoms with Crippen LogP contribution in [-0.2, 0) is 14.4 Å². The van der Waals surface area contributed by atoms with E-state index < -0.39 is 23.4 Å². The van der Waals surface area contributed by atoms with Crippen LogP contribution in [0.15, 0.2) is 11.2 Å². The summed E-state index contributed by atoms with van der Waals surface area (Å²) in [7, 11) is 0. The first kappa shape index (κ1) is 14.8. The average molecular weight is 336 g/mol. The zero-order chi connectivity index (χ0) is 15.0. The molecule has 1 amide bonds. The average Bonchev–Trinajstić information content (AvgIpc) is 2.37. The molecule has 6 nitrogen and oxygen atoms in total. The highest BCUT2D eigenvalue weighted by atomic mass is 35.5. The van der Waals surface area contributed by atoms with Crippen LogP contribution in [0.25, 0.3) is 0 Å². The van der Waals surface area contributed by atoms with Crippen LogP contribution in [0.2, 0.25) is 15.1 Å². The van der Waals surface area contributed by atoms with Crippen molar-refractivity contribution in [3.8, 4) is 0 Å². The van der Waals surface area contributed by atoms with E-state index >= 15 is 0 Å². The van der Waals surface area contributed by atoms with Gasteiger partial charge in [-0.25, -0.2) is 4.79 Å². The van der Waals surface area contributed by atoms with E-state index in [1.807, 2.05) is 0 Å². The van der Waals surface area contributed by atoms with Gasteiger partial charge in [0.25, 0.3) is 5.91 Å². The van der Waals surface area contributed by atoms with Crippen molar-refractivity contribution in [1.29, 1.82) is 0 Å². The molecule has 0 unspecified atom stereocenters. The summed E-state index contributed by atoms with van der Waals surface area (Å²) in [6.07, 6.45) is 0. The number of nitrogens with zero attached hydrogens (tertiary/aromatic N) is 1. The van der Waals surface area contributed by atoms with Gasteiger partial charge in [0.15, 0.2) is 0 Å². The van der Waals surface area contributed by atoms with Gasteiger partial charge in [0.1, 0.15) is 0 Å². The molecular weight excluding hydrogens is 330 g/mol. The standard InChI is InChI=1S/C11H5Cl3N2O4/c1-3(17)20-16-9-10(18)4-2-5(12)6(13)7(14)8(4)15-11(9)19/h2H,1H3,(H,15,19). The summed E-state index contributed by atoms with van der Waals surface area (Å²) in [5.41, 5.74) is -0.533. The third-order valence-electron chi connectivity index (χ3n) is 2.34. The lowest BCUT2D eigenvalue weighted by atomic mass is 10.00. The quantitative estimate of drug-likeness (QED) is 0.486. The van der Waals surface area contributed by atoms with Crippen molar-refractivity contribution in [1.82, 2.24) is 0 Å². The van der Waals surface area contributed by atoms with Crippen LogP contribution in [0.1, 0.15) is 17.3 Å². The molecule has 1 aliphatic heterocycles. The van der Waals surface area contributed by atoms with Crippen LogP contribution in [0, 0.1) is 0 Å². The molecule has 2 rings (SSSR count). The molecule has 1 N–H and O–H groups in total. The number of rotatable bonds is 1. The van der Waals surface area contributed by atoms with Crippen LogP contribution < -0.4 is 5.32 Å². The van der Waals surface area contributed by atoms with E-state index in [1.54, 1.807) is 0 Å². The molecule has 1 aromatic carbocycles. The Bertz CT molecular complexity index is 685. The van der Waals surface area contributed by atoms with Gasteiger partial charge in [-0.15, -0.1) is 0 Å². The molecule has 0 saturated carbocycles. The Balaban J connectivity index is 2.56. The zero-order valence-corrected chi connectivity index (χ0v) is 12.1. The fraction of sp³-hybridized carbons (Fsp3) is 0.0909. The molecule has 0 spiro atoms. The minimum absolute atomic E-state index is 0.00917. The van der Waals surface area contributed by atoms with Crippen molar-refractivity contribution in [3.05, 3.63) is 26.7 Å². The number of hydrogen-bond acceptors (Lipinski definition) is 5. The van der Waals surface area contributed by atoms with Crippen molar-refractivity contribution in [3.63, 3.8) is 0 Å². The molecule has 0 aromatic heterocycles. The first-order chi connectivity index (χ1) is 9.32. The summed E-state index contributed by atoms with van der Waals surface area (Å²) >= 11 is 17.6. The van der Waals surface area contributed by atoms with Gasteiger partial charge >= 0.3 is 5.97 Å². The van der Waals surface area contributed by atoms with Crippen LogP contribution in [0.5, 0.6) is 0 Å². The lowest BCUT2D eigenvalue weighted by Crippen LogP contribution is -2.36. The van der Waals surface area contributed by atoms with Crippen LogP contribution in [-0.4, -0.2) is 23.4 Å². The normalized spacial score (nSPS) is 15.9. The number of hydrogen-bond donors (Lipinski definition) is 1. The molecule has 104 valence electrons. The van der Waals surface area contributed by atoms with Crippen molar-refractivity contribution < 1.29 is 19.2 Å². The molecule has 0 aliphatic carbocycles. The van der Waals surface area contributed by atoms with E-state index in [0.717, 1.165) is 6.92 Å². The maximum absolute atomic E-state index is 12.1. The fourth-order valence-electron chi connectivity index (χ4n) is 1.49. The van der Waals surface area contributed by atoms with Gasteiger partial charge in [0, 0.05) is 6.92 Å². The topological polar surface area (TPSA) is 84.8 Å². The fourth-order valence-corrected chi connectivity index (χ4v) is 2.14. The predicted molar refractivity (Wildman–Crippen MR) is 73.6 cm³/mol. The lowest BCUT2D eigenvalue weighted by molar-refractivity contribution is -0.140. The van der Waals surface area contributed by atoms with Crippen molar-refractivity contribution in [2.24, 2.45) is 5.16 Å². The van der Waals surface area contributed by atoms with Crippen LogP contribution in [0.4, 0.5) is 5.69 Å². The number of fused-ring (bicyclic) bond motifs is 1. The van der Waals surface area contributed by atoms with Crippen LogP contribution in [0.3, 0.4) is 0 Å². The molecule has 9 heteroatoms. The minimum atomic E-state index is -0.857. The Morgan fingerprint density at radius 1 is 1.25 bits per heavy atom. The number of nitrogens with one attached hydrogen (secondary N) is 1. The van der Waals surface area contributed by atoms with Gasteiger partial charge in [0.05, 0.1) is 26.3 Å². The number of ketones is 1. The molecule has 0 fully saturated rings. The van der Waals surface area contributed by atoms with E-state index in [0.29, 0.717) is 0 Å².